The number of nitrogen functional groups attached to an aromatic ring is 1. The molecule has 0 saturated heterocycles. The van der Waals surface area contributed by atoms with Gasteiger partial charge in [0.05, 0.1) is 5.69 Å². The second-order valence-electron chi connectivity index (χ2n) is 5.35. The van der Waals surface area contributed by atoms with Crippen LogP contribution in [0.25, 0.3) is 0 Å². The first-order valence-electron chi connectivity index (χ1n) is 7.66. The number of nitrogens with one attached hydrogen (secondary N) is 3. The second-order valence-corrected chi connectivity index (χ2v) is 5.70. The van der Waals surface area contributed by atoms with E-state index in [0.717, 1.165) is 5.56 Å². The van der Waals surface area contributed by atoms with E-state index in [1.165, 1.54) is 6.33 Å². The summed E-state index contributed by atoms with van der Waals surface area (Å²) in [5.74, 6) is 0.290. The van der Waals surface area contributed by atoms with Crippen LogP contribution >= 0.6 is 11.6 Å². The number of carbonyl (C=O) groups is 1. The Bertz CT molecular complexity index is 948. The third-order valence-electron chi connectivity index (χ3n) is 3.58. The Balaban J connectivity index is 1.74. The van der Waals surface area contributed by atoms with Gasteiger partial charge in [0.15, 0.2) is 16.8 Å². The number of amides is 1. The van der Waals surface area contributed by atoms with Crippen LogP contribution in [0, 0.1) is 6.92 Å². The molecule has 2 heterocycles. The van der Waals surface area contributed by atoms with E-state index < -0.39 is 0 Å². The maximum absolute atomic E-state index is 12.3. The van der Waals surface area contributed by atoms with Crippen LogP contribution in [0.3, 0.4) is 0 Å². The third-order valence-corrected chi connectivity index (χ3v) is 3.88. The van der Waals surface area contributed by atoms with Crippen LogP contribution < -0.4 is 21.9 Å². The van der Waals surface area contributed by atoms with Gasteiger partial charge < -0.3 is 11.1 Å². The summed E-state index contributed by atoms with van der Waals surface area (Å²) >= 11 is 6.02. The maximum atomic E-state index is 12.3. The molecule has 0 spiro atoms. The van der Waals surface area contributed by atoms with Crippen LogP contribution in [0.15, 0.2) is 48.9 Å². The Hall–Kier alpha value is -3.39. The summed E-state index contributed by atoms with van der Waals surface area (Å²) in [6.45, 7) is 1.85. The van der Waals surface area contributed by atoms with Gasteiger partial charge in [0.25, 0.3) is 5.91 Å². The lowest BCUT2D eigenvalue weighted by Gasteiger charge is -2.14. The van der Waals surface area contributed by atoms with E-state index >= 15 is 0 Å². The molecule has 132 valence electrons. The summed E-state index contributed by atoms with van der Waals surface area (Å²) in [4.78, 5) is 24.4. The monoisotopic (exact) mass is 369 g/mol. The maximum Gasteiger partial charge on any atom is 0.269 e. The molecular formula is C17H16ClN7O. The zero-order chi connectivity index (χ0) is 18.5. The highest BCUT2D eigenvalue weighted by Gasteiger charge is 2.12. The van der Waals surface area contributed by atoms with Crippen molar-refractivity contribution in [3.8, 4) is 0 Å². The van der Waals surface area contributed by atoms with E-state index in [4.69, 9.17) is 17.3 Å². The number of carbonyl (C=O) groups excluding carboxylic acids is 1. The van der Waals surface area contributed by atoms with Crippen LogP contribution in [0.2, 0.25) is 5.15 Å². The van der Waals surface area contributed by atoms with E-state index in [9.17, 15) is 4.79 Å². The Morgan fingerprint density at radius 2 is 1.85 bits per heavy atom. The molecule has 1 aromatic carbocycles. The minimum Gasteiger partial charge on any atom is -0.393 e. The average molecular weight is 370 g/mol. The first-order chi connectivity index (χ1) is 12.6. The molecule has 8 nitrogen and oxygen atoms in total. The number of nitrogens with zero attached hydrogens (tertiary/aromatic N) is 3. The number of rotatable bonds is 5. The van der Waals surface area contributed by atoms with Gasteiger partial charge in [-0.3, -0.25) is 15.6 Å². The van der Waals surface area contributed by atoms with Crippen molar-refractivity contribution in [3.63, 3.8) is 0 Å². The standard InChI is InChI=1S/C17H16ClN7O/c1-10-5-2-3-6-11(10)17(26)25-24-16-13(19)15(21-9-22-16)23-12-7-4-8-20-14(12)18/h2-9H,19H2,1H3,(H,25,26)(H2,21,22,23,24). The average Bonchev–Trinajstić information content (AvgIpc) is 2.64. The molecule has 0 radical (unpaired) electrons. The lowest BCUT2D eigenvalue weighted by molar-refractivity contribution is 0.0962. The van der Waals surface area contributed by atoms with Crippen molar-refractivity contribution in [1.82, 2.24) is 20.4 Å². The summed E-state index contributed by atoms with van der Waals surface area (Å²) < 4.78 is 0. The number of pyridine rings is 1. The van der Waals surface area contributed by atoms with Crippen LogP contribution in [0.4, 0.5) is 23.0 Å². The molecule has 26 heavy (non-hydrogen) atoms. The Kier molecular flexibility index (Phi) is 5.14. The molecule has 3 rings (SSSR count). The number of hydrogen-bond acceptors (Lipinski definition) is 7. The summed E-state index contributed by atoms with van der Waals surface area (Å²) in [5.41, 5.74) is 13.5. The Morgan fingerprint density at radius 1 is 1.08 bits per heavy atom. The first kappa shape index (κ1) is 17.4. The Labute approximate surface area is 154 Å². The molecule has 5 N–H and O–H groups in total. The van der Waals surface area contributed by atoms with Gasteiger partial charge in [-0.2, -0.15) is 0 Å². The number of hydrogen-bond donors (Lipinski definition) is 4. The summed E-state index contributed by atoms with van der Waals surface area (Å²) in [6.07, 6.45) is 2.89. The van der Waals surface area contributed by atoms with E-state index in [0.29, 0.717) is 17.1 Å². The van der Waals surface area contributed by atoms with Crippen molar-refractivity contribution in [1.29, 1.82) is 0 Å². The van der Waals surface area contributed by atoms with Crippen molar-refractivity contribution < 1.29 is 4.79 Å². The molecular weight excluding hydrogens is 354 g/mol. The smallest absolute Gasteiger partial charge is 0.269 e. The SMILES string of the molecule is Cc1ccccc1C(=O)NNc1ncnc(Nc2cccnc2Cl)c1N. The predicted octanol–water partition coefficient (Wildman–Crippen LogP) is 2.92. The van der Waals surface area contributed by atoms with Crippen molar-refractivity contribution in [3.05, 3.63) is 65.2 Å². The number of benzene rings is 1. The van der Waals surface area contributed by atoms with Crippen molar-refractivity contribution in [2.24, 2.45) is 0 Å². The fourth-order valence-electron chi connectivity index (χ4n) is 2.21. The van der Waals surface area contributed by atoms with Gasteiger partial charge in [-0.15, -0.1) is 0 Å². The van der Waals surface area contributed by atoms with Gasteiger partial charge in [-0.25, -0.2) is 15.0 Å². The molecule has 0 saturated carbocycles. The fraction of sp³-hybridized carbons (Fsp3) is 0.0588. The Morgan fingerprint density at radius 3 is 2.62 bits per heavy atom. The number of anilines is 4. The van der Waals surface area contributed by atoms with Gasteiger partial charge >= 0.3 is 0 Å². The first-order valence-corrected chi connectivity index (χ1v) is 8.04. The summed E-state index contributed by atoms with van der Waals surface area (Å²) in [5, 5.41) is 3.27. The van der Waals surface area contributed by atoms with Crippen LogP contribution in [-0.4, -0.2) is 20.9 Å². The van der Waals surface area contributed by atoms with Crippen molar-refractivity contribution in [2.75, 3.05) is 16.5 Å². The molecule has 0 aliphatic heterocycles. The van der Waals surface area contributed by atoms with Gasteiger partial charge in [-0.1, -0.05) is 29.8 Å². The zero-order valence-corrected chi connectivity index (χ0v) is 14.6. The number of hydrazine groups is 1. The van der Waals surface area contributed by atoms with Gasteiger partial charge in [0.2, 0.25) is 0 Å². The van der Waals surface area contributed by atoms with Crippen LogP contribution in [0.5, 0.6) is 0 Å². The van der Waals surface area contributed by atoms with Crippen LogP contribution in [0.1, 0.15) is 15.9 Å². The lowest BCUT2D eigenvalue weighted by atomic mass is 10.1. The highest BCUT2D eigenvalue weighted by Crippen LogP contribution is 2.28. The molecule has 3 aromatic rings. The van der Waals surface area contributed by atoms with Crippen LogP contribution in [-0.2, 0) is 0 Å². The van der Waals surface area contributed by atoms with Crippen molar-refractivity contribution >= 4 is 40.5 Å². The van der Waals surface area contributed by atoms with E-state index in [-0.39, 0.29) is 22.6 Å². The zero-order valence-electron chi connectivity index (χ0n) is 13.8. The predicted molar refractivity (Wildman–Crippen MR) is 101 cm³/mol. The van der Waals surface area contributed by atoms with E-state index in [1.807, 2.05) is 19.1 Å². The summed E-state index contributed by atoms with van der Waals surface area (Å²) in [7, 11) is 0. The highest BCUT2D eigenvalue weighted by molar-refractivity contribution is 6.32. The quantitative estimate of drug-likeness (QED) is 0.403. The number of halogens is 1. The lowest BCUT2D eigenvalue weighted by Crippen LogP contribution is -2.30. The molecule has 2 aromatic heterocycles. The number of aromatic nitrogens is 3. The van der Waals surface area contributed by atoms with Gasteiger partial charge in [-0.05, 0) is 30.7 Å². The highest BCUT2D eigenvalue weighted by atomic mass is 35.5. The molecule has 0 atom stereocenters. The normalized spacial score (nSPS) is 10.2. The molecule has 0 aliphatic rings. The molecule has 0 fully saturated rings. The van der Waals surface area contributed by atoms with Gasteiger partial charge in [0.1, 0.15) is 12.0 Å². The fourth-order valence-corrected chi connectivity index (χ4v) is 2.38. The van der Waals surface area contributed by atoms with E-state index in [2.05, 4.69) is 31.1 Å². The van der Waals surface area contributed by atoms with Gasteiger partial charge in [0, 0.05) is 11.8 Å². The topological polar surface area (TPSA) is 118 Å². The number of nitrogens with two attached hydrogens (primary N) is 1. The molecule has 0 unspecified atom stereocenters. The minimum atomic E-state index is -0.300. The second kappa shape index (κ2) is 7.66. The molecule has 9 heteroatoms. The molecule has 0 aliphatic carbocycles. The van der Waals surface area contributed by atoms with E-state index in [1.54, 1.807) is 30.5 Å². The van der Waals surface area contributed by atoms with Crippen molar-refractivity contribution in [2.45, 2.75) is 6.92 Å². The minimum absolute atomic E-state index is 0.220. The largest absolute Gasteiger partial charge is 0.393 e. The third kappa shape index (κ3) is 3.81. The number of aryl methyl sites for hydroxylation is 1. The summed E-state index contributed by atoms with van der Waals surface area (Å²) in [6, 6.07) is 10.7. The molecule has 0 bridgehead atoms. The molecule has 1 amide bonds.